The maximum absolute atomic E-state index is 9.71. The Bertz CT molecular complexity index is 149. The number of hydrazine groups is 2. The molecule has 0 saturated carbocycles. The highest BCUT2D eigenvalue weighted by Crippen LogP contribution is 2.09. The minimum Gasteiger partial charge on any atom is -0.275 e. The molecule has 0 aromatic rings. The second-order valence-corrected chi connectivity index (χ2v) is 4.45. The molecule has 0 saturated heterocycles. The van der Waals surface area contributed by atoms with E-state index in [1.807, 2.05) is 0 Å². The first kappa shape index (κ1) is 19.5. The van der Waals surface area contributed by atoms with Crippen LogP contribution in [-0.4, -0.2) is 6.03 Å². The number of hydrogen-bond acceptors (Lipinski definition) is 3. The van der Waals surface area contributed by atoms with Gasteiger partial charge in [-0.25, -0.2) is 16.5 Å². The van der Waals surface area contributed by atoms with E-state index in [0.29, 0.717) is 0 Å². The molecule has 0 heterocycles. The van der Waals surface area contributed by atoms with E-state index in [2.05, 4.69) is 25.5 Å². The fourth-order valence-corrected chi connectivity index (χ4v) is 1.60. The minimum absolute atomic E-state index is 0.602. The Morgan fingerprint density at radius 2 is 1.00 bits per heavy atom. The van der Waals surface area contributed by atoms with Crippen molar-refractivity contribution < 1.29 is 4.79 Å². The highest BCUT2D eigenvalue weighted by molar-refractivity contribution is 5.72. The number of urea groups is 1. The van der Waals surface area contributed by atoms with Gasteiger partial charge in [-0.3, -0.25) is 10.9 Å². The third-order valence-electron chi connectivity index (χ3n) is 2.72. The molecule has 0 rings (SSSR count). The largest absolute Gasteiger partial charge is 0.343 e. The zero-order valence-electron chi connectivity index (χ0n) is 12.1. The normalized spacial score (nSPS) is 9.33. The van der Waals surface area contributed by atoms with Crippen LogP contribution in [0.25, 0.3) is 0 Å². The molecular formula is C13H32N4O. The Hall–Kier alpha value is -0.810. The van der Waals surface area contributed by atoms with Gasteiger partial charge >= 0.3 is 6.03 Å². The predicted molar refractivity (Wildman–Crippen MR) is 77.6 cm³/mol. The van der Waals surface area contributed by atoms with Crippen molar-refractivity contribution in [3.05, 3.63) is 0 Å². The van der Waals surface area contributed by atoms with Gasteiger partial charge in [-0.2, -0.15) is 0 Å². The summed E-state index contributed by atoms with van der Waals surface area (Å²) < 4.78 is 0. The standard InChI is InChI=1S/C12H26.CH6N4O/c1-3-5-7-9-11-12-10-8-6-4-2;2-4-1(6)5-3/h3-12H2,1-2H3;2-3H2,(H2,4,5,6). The number of carbonyl (C=O) groups excluding carboxylic acids is 1. The number of hydrogen-bond donors (Lipinski definition) is 4. The molecule has 0 fully saturated rings. The van der Waals surface area contributed by atoms with Crippen LogP contribution in [-0.2, 0) is 0 Å². The van der Waals surface area contributed by atoms with Crippen LogP contribution in [0.5, 0.6) is 0 Å². The molecule has 0 radical (unpaired) electrons. The topological polar surface area (TPSA) is 93.2 Å². The van der Waals surface area contributed by atoms with Gasteiger partial charge in [-0.1, -0.05) is 78.1 Å². The summed E-state index contributed by atoms with van der Waals surface area (Å²) in [5.74, 6) is 9.08. The van der Waals surface area contributed by atoms with Crippen LogP contribution >= 0.6 is 0 Å². The summed E-state index contributed by atoms with van der Waals surface area (Å²) in [6.07, 6.45) is 14.4. The Morgan fingerprint density at radius 1 is 0.722 bits per heavy atom. The van der Waals surface area contributed by atoms with Gasteiger partial charge in [0.2, 0.25) is 0 Å². The van der Waals surface area contributed by atoms with Crippen molar-refractivity contribution in [3.63, 3.8) is 0 Å². The van der Waals surface area contributed by atoms with Crippen LogP contribution in [0.2, 0.25) is 0 Å². The summed E-state index contributed by atoms with van der Waals surface area (Å²) in [4.78, 5) is 9.71. The van der Waals surface area contributed by atoms with E-state index in [1.54, 1.807) is 10.9 Å². The van der Waals surface area contributed by atoms with Crippen LogP contribution in [0, 0.1) is 0 Å². The average Bonchev–Trinajstić information content (AvgIpc) is 2.41. The lowest BCUT2D eigenvalue weighted by molar-refractivity contribution is 0.241. The number of nitrogens with two attached hydrogens (primary N) is 2. The molecule has 0 aliphatic carbocycles. The van der Waals surface area contributed by atoms with Gasteiger partial charge in [0, 0.05) is 0 Å². The summed E-state index contributed by atoms with van der Waals surface area (Å²) in [5.41, 5.74) is 3.48. The van der Waals surface area contributed by atoms with Crippen molar-refractivity contribution in [2.75, 3.05) is 0 Å². The molecule has 0 atom stereocenters. The van der Waals surface area contributed by atoms with Crippen molar-refractivity contribution in [3.8, 4) is 0 Å². The number of nitrogens with one attached hydrogen (secondary N) is 2. The highest BCUT2D eigenvalue weighted by atomic mass is 16.2. The van der Waals surface area contributed by atoms with E-state index in [4.69, 9.17) is 0 Å². The number of rotatable bonds is 9. The monoisotopic (exact) mass is 260 g/mol. The summed E-state index contributed by atoms with van der Waals surface area (Å²) >= 11 is 0. The van der Waals surface area contributed by atoms with Crippen LogP contribution in [0.1, 0.15) is 78.1 Å². The van der Waals surface area contributed by atoms with Gasteiger partial charge < -0.3 is 0 Å². The molecule has 110 valence electrons. The van der Waals surface area contributed by atoms with Crippen molar-refractivity contribution in [1.82, 2.24) is 10.9 Å². The van der Waals surface area contributed by atoms with Crippen molar-refractivity contribution in [2.24, 2.45) is 11.7 Å². The van der Waals surface area contributed by atoms with Crippen LogP contribution in [0.3, 0.4) is 0 Å². The van der Waals surface area contributed by atoms with Gasteiger partial charge in [0.05, 0.1) is 0 Å². The number of unbranched alkanes of at least 4 members (excludes halogenated alkanes) is 9. The maximum atomic E-state index is 9.71. The van der Waals surface area contributed by atoms with Crippen LogP contribution < -0.4 is 22.5 Å². The molecule has 0 unspecified atom stereocenters. The van der Waals surface area contributed by atoms with Gasteiger partial charge in [0.1, 0.15) is 0 Å². The first-order valence-electron chi connectivity index (χ1n) is 7.20. The van der Waals surface area contributed by atoms with Crippen molar-refractivity contribution >= 4 is 6.03 Å². The summed E-state index contributed by atoms with van der Waals surface area (Å²) in [5, 5.41) is 0. The lowest BCUT2D eigenvalue weighted by Crippen LogP contribution is -2.43. The first-order chi connectivity index (χ1) is 8.72. The molecule has 6 N–H and O–H groups in total. The second-order valence-electron chi connectivity index (χ2n) is 4.45. The predicted octanol–water partition coefficient (Wildman–Crippen LogP) is 2.96. The van der Waals surface area contributed by atoms with Gasteiger partial charge in [0.15, 0.2) is 0 Å². The van der Waals surface area contributed by atoms with Gasteiger partial charge in [0.25, 0.3) is 0 Å². The quantitative estimate of drug-likeness (QED) is 0.222. The zero-order valence-corrected chi connectivity index (χ0v) is 12.1. The summed E-state index contributed by atoms with van der Waals surface area (Å²) in [7, 11) is 0. The third kappa shape index (κ3) is 20.6. The lowest BCUT2D eigenvalue weighted by Gasteiger charge is -1.99. The van der Waals surface area contributed by atoms with Crippen molar-refractivity contribution in [2.45, 2.75) is 78.1 Å². The molecule has 2 amide bonds. The molecule has 0 aromatic carbocycles. The summed E-state index contributed by atoms with van der Waals surface area (Å²) in [6, 6.07) is -0.602. The average molecular weight is 260 g/mol. The maximum Gasteiger partial charge on any atom is 0.343 e. The molecule has 0 aliphatic heterocycles. The third-order valence-corrected chi connectivity index (χ3v) is 2.72. The molecule has 5 heteroatoms. The Balaban J connectivity index is 0. The number of carbonyl (C=O) groups is 1. The molecule has 0 spiro atoms. The van der Waals surface area contributed by atoms with Crippen LogP contribution in [0.15, 0.2) is 0 Å². The van der Waals surface area contributed by atoms with E-state index in [9.17, 15) is 4.79 Å². The second kappa shape index (κ2) is 18.6. The highest BCUT2D eigenvalue weighted by Gasteiger charge is 1.90. The van der Waals surface area contributed by atoms with Gasteiger partial charge in [-0.05, 0) is 0 Å². The van der Waals surface area contributed by atoms with E-state index < -0.39 is 6.03 Å². The summed E-state index contributed by atoms with van der Waals surface area (Å²) in [6.45, 7) is 4.56. The Labute approximate surface area is 112 Å². The molecule has 18 heavy (non-hydrogen) atoms. The SMILES string of the molecule is CCCCCCCCCCCC.NNC(=O)NN. The van der Waals surface area contributed by atoms with E-state index in [-0.39, 0.29) is 0 Å². The smallest absolute Gasteiger partial charge is 0.275 e. The fourth-order valence-electron chi connectivity index (χ4n) is 1.60. The molecule has 0 bridgehead atoms. The first-order valence-corrected chi connectivity index (χ1v) is 7.20. The molecular weight excluding hydrogens is 228 g/mol. The zero-order chi connectivity index (χ0) is 14.1. The van der Waals surface area contributed by atoms with Gasteiger partial charge in [-0.15, -0.1) is 0 Å². The van der Waals surface area contributed by atoms with Crippen molar-refractivity contribution in [1.29, 1.82) is 0 Å². The van der Waals surface area contributed by atoms with Crippen LogP contribution in [0.4, 0.5) is 4.79 Å². The van der Waals surface area contributed by atoms with E-state index in [0.717, 1.165) is 0 Å². The van der Waals surface area contributed by atoms with E-state index >= 15 is 0 Å². The number of amides is 2. The minimum atomic E-state index is -0.602. The lowest BCUT2D eigenvalue weighted by atomic mass is 10.1. The Morgan fingerprint density at radius 3 is 1.17 bits per heavy atom. The van der Waals surface area contributed by atoms with E-state index in [1.165, 1.54) is 64.2 Å². The molecule has 5 nitrogen and oxygen atoms in total. The molecule has 0 aromatic heterocycles. The fraction of sp³-hybridized carbons (Fsp3) is 0.923. The Kier molecular flexibility index (Phi) is 20.1. The molecule has 0 aliphatic rings.